The third kappa shape index (κ3) is 3.77. The van der Waals surface area contributed by atoms with Crippen molar-refractivity contribution in [2.75, 3.05) is 5.32 Å². The van der Waals surface area contributed by atoms with Crippen LogP contribution in [0.1, 0.15) is 20.6 Å². The molecule has 2 rings (SSSR count). The van der Waals surface area contributed by atoms with Gasteiger partial charge in [0.15, 0.2) is 0 Å². The summed E-state index contributed by atoms with van der Waals surface area (Å²) in [5.74, 6) is 0.791. The van der Waals surface area contributed by atoms with Crippen LogP contribution >= 0.6 is 35.0 Å². The number of hydrogen-bond donors (Lipinski definition) is 2. The van der Waals surface area contributed by atoms with Gasteiger partial charge in [0.05, 0.1) is 1.37 Å². The molecule has 1 saturated carbocycles. The number of nitrogens with zero attached hydrogens (tertiary/aromatic N) is 1. The third-order valence-electron chi connectivity index (χ3n) is 2.50. The Labute approximate surface area is 111 Å². The number of nitrogens with one attached hydrogen (secondary N) is 1. The van der Waals surface area contributed by atoms with E-state index in [2.05, 4.69) is 32.9 Å². The van der Waals surface area contributed by atoms with E-state index in [1.54, 1.807) is 0 Å². The highest BCUT2D eigenvalue weighted by atomic mass is 127. The fourth-order valence-electron chi connectivity index (χ4n) is 1.78. The van der Waals surface area contributed by atoms with Crippen molar-refractivity contribution in [3.63, 3.8) is 0 Å². The van der Waals surface area contributed by atoms with Crippen LogP contribution in [0.15, 0.2) is 18.3 Å². The maximum absolute atomic E-state index is 7.59. The van der Waals surface area contributed by atoms with Gasteiger partial charge in [0, 0.05) is 21.8 Å². The lowest BCUT2D eigenvalue weighted by Gasteiger charge is -2.12. The Bertz CT molecular complexity index is 364. The first-order chi connectivity index (χ1) is 7.15. The second kappa shape index (κ2) is 5.86. The zero-order chi connectivity index (χ0) is 10.8. The molecule has 84 valence electrons. The van der Waals surface area contributed by atoms with Crippen LogP contribution in [-0.2, 0) is 0 Å². The number of nitrogens with two attached hydrogens (primary N) is 1. The lowest BCUT2D eigenvalue weighted by atomic mass is 10.2. The van der Waals surface area contributed by atoms with Crippen molar-refractivity contribution >= 4 is 40.8 Å². The number of anilines is 1. The predicted octanol–water partition coefficient (Wildman–Crippen LogP) is 2.40. The predicted molar refractivity (Wildman–Crippen MR) is 73.4 cm³/mol. The van der Waals surface area contributed by atoms with Gasteiger partial charge in [0.1, 0.15) is 5.82 Å². The molecule has 15 heavy (non-hydrogen) atoms. The molecule has 2 atom stereocenters. The Kier molecular flexibility index (Phi) is 4.46. The van der Waals surface area contributed by atoms with Gasteiger partial charge in [-0.15, -0.1) is 12.4 Å². The molecule has 0 unspecified atom stereocenters. The molecule has 0 amide bonds. The summed E-state index contributed by atoms with van der Waals surface area (Å²) in [7, 11) is 0. The van der Waals surface area contributed by atoms with E-state index in [1.165, 1.54) is 0 Å². The molecule has 1 aromatic heterocycles. The summed E-state index contributed by atoms with van der Waals surface area (Å²) in [6, 6.07) is 4.57. The summed E-state index contributed by atoms with van der Waals surface area (Å²) < 4.78 is 8.47. The lowest BCUT2D eigenvalue weighted by Crippen LogP contribution is -2.21. The first kappa shape index (κ1) is 11.4. The highest BCUT2D eigenvalue weighted by Crippen LogP contribution is 2.20. The number of pyridine rings is 1. The van der Waals surface area contributed by atoms with Gasteiger partial charge < -0.3 is 11.1 Å². The van der Waals surface area contributed by atoms with Crippen LogP contribution in [-0.4, -0.2) is 17.1 Å². The van der Waals surface area contributed by atoms with Gasteiger partial charge in [-0.2, -0.15) is 0 Å². The van der Waals surface area contributed by atoms with Gasteiger partial charge in [-0.1, -0.05) is 0 Å². The van der Waals surface area contributed by atoms with Crippen molar-refractivity contribution in [3.05, 3.63) is 21.9 Å². The molecule has 1 aliphatic rings. The standard InChI is InChI=1S/C10H14IN3.ClH/c11-7-1-4-10(13-6-7)14-9-3-2-8(12)5-9;/h1,4,6,8-9H,2-3,5,12H2,(H,13,14);1H/t8-,9-;/m0./s1/i6D;. The Hall–Kier alpha value is -0.0700. The van der Waals surface area contributed by atoms with E-state index in [1.807, 2.05) is 12.1 Å². The Balaban J connectivity index is 0.00000128. The molecule has 3 N–H and O–H groups in total. The highest BCUT2D eigenvalue weighted by molar-refractivity contribution is 14.1. The number of hydrogen-bond acceptors (Lipinski definition) is 3. The Morgan fingerprint density at radius 3 is 2.93 bits per heavy atom. The summed E-state index contributed by atoms with van der Waals surface area (Å²) in [5.41, 5.74) is 5.83. The maximum atomic E-state index is 7.59. The van der Waals surface area contributed by atoms with E-state index >= 15 is 0 Å². The van der Waals surface area contributed by atoms with Crippen LogP contribution in [0, 0.1) is 3.57 Å². The van der Waals surface area contributed by atoms with E-state index in [4.69, 9.17) is 7.10 Å². The van der Waals surface area contributed by atoms with Crippen molar-refractivity contribution in [3.8, 4) is 0 Å². The van der Waals surface area contributed by atoms with Crippen LogP contribution < -0.4 is 11.1 Å². The molecule has 0 saturated heterocycles. The number of aromatic nitrogens is 1. The number of halogens is 2. The molecule has 0 radical (unpaired) electrons. The molecule has 3 nitrogen and oxygen atoms in total. The molecule has 1 fully saturated rings. The van der Waals surface area contributed by atoms with Gasteiger partial charge >= 0.3 is 0 Å². The normalized spacial score (nSPS) is 25.6. The van der Waals surface area contributed by atoms with E-state index < -0.39 is 0 Å². The minimum Gasteiger partial charge on any atom is -0.367 e. The zero-order valence-corrected chi connectivity index (χ0v) is 11.2. The fourth-order valence-corrected chi connectivity index (χ4v) is 2.08. The molecule has 0 spiro atoms. The van der Waals surface area contributed by atoms with Crippen molar-refractivity contribution < 1.29 is 1.37 Å². The Morgan fingerprint density at radius 1 is 1.53 bits per heavy atom. The summed E-state index contributed by atoms with van der Waals surface area (Å²) in [5, 5.41) is 3.32. The fraction of sp³-hybridized carbons (Fsp3) is 0.500. The summed E-state index contributed by atoms with van der Waals surface area (Å²) in [4.78, 5) is 4.17. The minimum atomic E-state index is 0. The molecule has 1 heterocycles. The second-order valence-electron chi connectivity index (χ2n) is 3.70. The minimum absolute atomic E-state index is 0. The topological polar surface area (TPSA) is 50.9 Å². The van der Waals surface area contributed by atoms with Gasteiger partial charge in [-0.25, -0.2) is 4.98 Å². The Morgan fingerprint density at radius 2 is 2.33 bits per heavy atom. The van der Waals surface area contributed by atoms with E-state index in [9.17, 15) is 0 Å². The molecular weight excluding hydrogens is 324 g/mol. The molecular formula is C10H15ClIN3. The molecule has 1 aliphatic carbocycles. The molecule has 1 aromatic rings. The number of rotatable bonds is 2. The average molecular weight is 341 g/mol. The van der Waals surface area contributed by atoms with Crippen LogP contribution in [0.5, 0.6) is 0 Å². The average Bonchev–Trinajstić information content (AvgIpc) is 2.58. The van der Waals surface area contributed by atoms with Crippen LogP contribution in [0.2, 0.25) is 0 Å². The first-order valence-corrected chi connectivity index (χ1v) is 5.88. The van der Waals surface area contributed by atoms with Crippen LogP contribution in [0.25, 0.3) is 0 Å². The van der Waals surface area contributed by atoms with E-state index in [0.29, 0.717) is 18.3 Å². The quantitative estimate of drug-likeness (QED) is 0.813. The maximum Gasteiger partial charge on any atom is 0.126 e. The first-order valence-electron chi connectivity index (χ1n) is 5.30. The van der Waals surface area contributed by atoms with Crippen LogP contribution in [0.3, 0.4) is 0 Å². The molecule has 0 aliphatic heterocycles. The second-order valence-corrected chi connectivity index (χ2v) is 4.87. The van der Waals surface area contributed by atoms with E-state index in [-0.39, 0.29) is 12.4 Å². The van der Waals surface area contributed by atoms with Gasteiger partial charge in [-0.05, 0) is 54.0 Å². The zero-order valence-electron chi connectivity index (χ0n) is 9.24. The van der Waals surface area contributed by atoms with Gasteiger partial charge in [-0.3, -0.25) is 0 Å². The van der Waals surface area contributed by atoms with Gasteiger partial charge in [0.2, 0.25) is 0 Å². The monoisotopic (exact) mass is 340 g/mol. The van der Waals surface area contributed by atoms with Crippen molar-refractivity contribution in [1.82, 2.24) is 4.98 Å². The largest absolute Gasteiger partial charge is 0.367 e. The van der Waals surface area contributed by atoms with Crippen molar-refractivity contribution in [2.24, 2.45) is 5.73 Å². The SMILES string of the molecule is Cl.[2H]c1nc(N[C@H]2CC[C@H](N)C2)ccc1I. The smallest absolute Gasteiger partial charge is 0.126 e. The third-order valence-corrected chi connectivity index (χ3v) is 3.10. The summed E-state index contributed by atoms with van der Waals surface area (Å²) in [6.07, 6.45) is 3.52. The molecule has 5 heteroatoms. The van der Waals surface area contributed by atoms with E-state index in [0.717, 1.165) is 28.7 Å². The lowest BCUT2D eigenvalue weighted by molar-refractivity contribution is 0.686. The summed E-state index contributed by atoms with van der Waals surface area (Å²) in [6.45, 7) is 0. The molecule has 0 bridgehead atoms. The summed E-state index contributed by atoms with van der Waals surface area (Å²) >= 11 is 2.11. The molecule has 0 aromatic carbocycles. The van der Waals surface area contributed by atoms with Crippen molar-refractivity contribution in [2.45, 2.75) is 31.3 Å². The van der Waals surface area contributed by atoms with Gasteiger partial charge in [0.25, 0.3) is 0 Å². The highest BCUT2D eigenvalue weighted by Gasteiger charge is 2.21. The van der Waals surface area contributed by atoms with Crippen LogP contribution in [0.4, 0.5) is 5.82 Å². The van der Waals surface area contributed by atoms with Crippen molar-refractivity contribution in [1.29, 1.82) is 0 Å².